The molecule has 3 rings (SSSR count). The zero-order valence-corrected chi connectivity index (χ0v) is 16.7. The highest BCUT2D eigenvalue weighted by Crippen LogP contribution is 2.34. The third-order valence-electron chi connectivity index (χ3n) is 3.97. The number of amides is 1. The lowest BCUT2D eigenvalue weighted by Crippen LogP contribution is -2.32. The van der Waals surface area contributed by atoms with Crippen LogP contribution >= 0.6 is 0 Å². The van der Waals surface area contributed by atoms with Crippen LogP contribution in [0.1, 0.15) is 20.8 Å². The largest absolute Gasteiger partial charge is 0.454 e. The summed E-state index contributed by atoms with van der Waals surface area (Å²) in [6.07, 6.45) is 0. The smallest absolute Gasteiger partial charge is 0.246 e. The first-order chi connectivity index (χ1) is 13.2. The maximum atomic E-state index is 12.4. The third-order valence-corrected chi connectivity index (χ3v) is 5.65. The number of anilines is 2. The van der Waals surface area contributed by atoms with Crippen LogP contribution in [0.2, 0.25) is 0 Å². The van der Waals surface area contributed by atoms with Crippen molar-refractivity contribution in [3.63, 3.8) is 0 Å². The Morgan fingerprint density at radius 2 is 1.61 bits per heavy atom. The van der Waals surface area contributed by atoms with E-state index >= 15 is 0 Å². The van der Waals surface area contributed by atoms with Gasteiger partial charge in [0.15, 0.2) is 11.5 Å². The molecular weight excluding hydrogens is 382 g/mol. The first-order valence-electron chi connectivity index (χ1n) is 8.84. The minimum atomic E-state index is -3.56. The van der Waals surface area contributed by atoms with Gasteiger partial charge in [-0.3, -0.25) is 4.79 Å². The molecule has 2 aromatic rings. The summed E-state index contributed by atoms with van der Waals surface area (Å²) in [7, 11) is -3.56. The quantitative estimate of drug-likeness (QED) is 0.654. The lowest BCUT2D eigenvalue weighted by atomic mass is 10.2. The molecule has 3 N–H and O–H groups in total. The Morgan fingerprint density at radius 3 is 2.29 bits per heavy atom. The van der Waals surface area contributed by atoms with Crippen LogP contribution in [-0.4, -0.2) is 33.2 Å². The van der Waals surface area contributed by atoms with Gasteiger partial charge in [-0.15, -0.1) is 0 Å². The second kappa shape index (κ2) is 8.07. The van der Waals surface area contributed by atoms with Gasteiger partial charge in [0.2, 0.25) is 22.7 Å². The molecule has 1 atom stereocenters. The summed E-state index contributed by atoms with van der Waals surface area (Å²) in [4.78, 5) is 12.6. The fourth-order valence-electron chi connectivity index (χ4n) is 2.65. The Balaban J connectivity index is 1.61. The fraction of sp³-hybridized carbons (Fsp3) is 0.316. The van der Waals surface area contributed by atoms with Crippen LogP contribution in [0, 0.1) is 0 Å². The van der Waals surface area contributed by atoms with Gasteiger partial charge < -0.3 is 20.1 Å². The van der Waals surface area contributed by atoms with Gasteiger partial charge in [0.1, 0.15) is 6.04 Å². The third kappa shape index (κ3) is 4.73. The molecular formula is C19H23N3O5S. The molecule has 1 aliphatic heterocycles. The van der Waals surface area contributed by atoms with E-state index in [-0.39, 0.29) is 23.6 Å². The van der Waals surface area contributed by atoms with Crippen LogP contribution in [0.3, 0.4) is 0 Å². The van der Waals surface area contributed by atoms with Gasteiger partial charge in [-0.1, -0.05) is 0 Å². The van der Waals surface area contributed by atoms with Crippen LogP contribution in [0.5, 0.6) is 11.5 Å². The molecule has 8 nitrogen and oxygen atoms in total. The van der Waals surface area contributed by atoms with E-state index in [9.17, 15) is 13.2 Å². The number of carbonyl (C=O) groups is 1. The highest BCUT2D eigenvalue weighted by atomic mass is 32.2. The number of hydrogen-bond acceptors (Lipinski definition) is 6. The average molecular weight is 405 g/mol. The van der Waals surface area contributed by atoms with E-state index < -0.39 is 16.1 Å². The normalized spacial score (nSPS) is 14.0. The molecule has 28 heavy (non-hydrogen) atoms. The molecule has 0 aromatic heterocycles. The number of sulfonamides is 1. The van der Waals surface area contributed by atoms with E-state index in [0.717, 1.165) is 5.69 Å². The van der Waals surface area contributed by atoms with Crippen molar-refractivity contribution in [2.75, 3.05) is 17.4 Å². The molecule has 2 aromatic carbocycles. The molecule has 0 spiro atoms. The number of ether oxygens (including phenoxy) is 2. The van der Waals surface area contributed by atoms with Crippen LogP contribution in [-0.2, 0) is 14.8 Å². The number of nitrogens with one attached hydrogen (secondary N) is 3. The van der Waals surface area contributed by atoms with E-state index in [1.165, 1.54) is 12.1 Å². The topological polar surface area (TPSA) is 106 Å². The van der Waals surface area contributed by atoms with E-state index in [0.29, 0.717) is 17.2 Å². The van der Waals surface area contributed by atoms with Gasteiger partial charge in [-0.2, -0.15) is 0 Å². The Labute approximate surface area is 164 Å². The SMILES string of the molecule is CC(C)NS(=O)(=O)c1ccc(NC(=O)[C@@H](C)Nc2ccc3c(c2)OCO3)cc1. The second-order valence-electron chi connectivity index (χ2n) is 6.72. The number of rotatable bonds is 7. The van der Waals surface area contributed by atoms with Gasteiger partial charge in [-0.05, 0) is 57.2 Å². The predicted octanol–water partition coefficient (Wildman–Crippen LogP) is 2.54. The molecule has 0 saturated carbocycles. The first-order valence-corrected chi connectivity index (χ1v) is 10.3. The van der Waals surface area contributed by atoms with Crippen molar-refractivity contribution >= 4 is 27.3 Å². The average Bonchev–Trinajstić information content (AvgIpc) is 3.08. The Morgan fingerprint density at radius 1 is 0.964 bits per heavy atom. The number of benzene rings is 2. The van der Waals surface area contributed by atoms with Gasteiger partial charge in [0.25, 0.3) is 0 Å². The van der Waals surface area contributed by atoms with Crippen molar-refractivity contribution in [2.45, 2.75) is 37.8 Å². The summed E-state index contributed by atoms with van der Waals surface area (Å²) in [6, 6.07) is 10.7. The molecule has 0 bridgehead atoms. The molecule has 1 aliphatic rings. The molecule has 0 saturated heterocycles. The Kier molecular flexibility index (Phi) is 5.76. The lowest BCUT2D eigenvalue weighted by Gasteiger charge is -2.16. The zero-order valence-electron chi connectivity index (χ0n) is 15.9. The monoisotopic (exact) mass is 405 g/mol. The summed E-state index contributed by atoms with van der Waals surface area (Å²) in [6.45, 7) is 5.42. The zero-order chi connectivity index (χ0) is 20.3. The summed E-state index contributed by atoms with van der Waals surface area (Å²) in [5.41, 5.74) is 1.24. The Hall–Kier alpha value is -2.78. The van der Waals surface area contributed by atoms with Gasteiger partial charge in [0, 0.05) is 23.5 Å². The lowest BCUT2D eigenvalue weighted by molar-refractivity contribution is -0.116. The first kappa shape index (κ1) is 20.0. The van der Waals surface area contributed by atoms with Crippen LogP contribution in [0.25, 0.3) is 0 Å². The predicted molar refractivity (Wildman–Crippen MR) is 106 cm³/mol. The van der Waals surface area contributed by atoms with Gasteiger partial charge >= 0.3 is 0 Å². The van der Waals surface area contributed by atoms with Gasteiger partial charge in [0.05, 0.1) is 4.90 Å². The van der Waals surface area contributed by atoms with Crippen molar-refractivity contribution in [3.8, 4) is 11.5 Å². The summed E-state index contributed by atoms with van der Waals surface area (Å²) in [5.74, 6) is 1.04. The standard InChI is InChI=1S/C19H23N3O5S/c1-12(2)22-28(24,25)16-7-4-14(5-8-16)21-19(23)13(3)20-15-6-9-17-18(10-15)27-11-26-17/h4-10,12-13,20,22H,11H2,1-3H3,(H,21,23)/t13-/m1/s1. The van der Waals surface area contributed by atoms with E-state index in [1.54, 1.807) is 51.1 Å². The molecule has 1 amide bonds. The van der Waals surface area contributed by atoms with Crippen LogP contribution < -0.4 is 24.8 Å². The molecule has 0 fully saturated rings. The van der Waals surface area contributed by atoms with Crippen LogP contribution in [0.4, 0.5) is 11.4 Å². The van der Waals surface area contributed by atoms with Gasteiger partial charge in [-0.25, -0.2) is 13.1 Å². The van der Waals surface area contributed by atoms with E-state index in [1.807, 2.05) is 0 Å². The molecule has 9 heteroatoms. The number of fused-ring (bicyclic) bond motifs is 1. The second-order valence-corrected chi connectivity index (χ2v) is 8.44. The number of hydrogen-bond donors (Lipinski definition) is 3. The van der Waals surface area contributed by atoms with Crippen molar-refractivity contribution < 1.29 is 22.7 Å². The molecule has 0 radical (unpaired) electrons. The number of carbonyl (C=O) groups excluding carboxylic acids is 1. The van der Waals surface area contributed by atoms with E-state index in [4.69, 9.17) is 9.47 Å². The van der Waals surface area contributed by atoms with Crippen molar-refractivity contribution in [1.29, 1.82) is 0 Å². The summed E-state index contributed by atoms with van der Waals surface area (Å²) < 4.78 is 37.4. The van der Waals surface area contributed by atoms with E-state index in [2.05, 4.69) is 15.4 Å². The molecule has 0 aliphatic carbocycles. The van der Waals surface area contributed by atoms with Crippen molar-refractivity contribution in [3.05, 3.63) is 42.5 Å². The Bertz CT molecular complexity index is 958. The summed E-state index contributed by atoms with van der Waals surface area (Å²) in [5, 5.41) is 5.86. The maximum Gasteiger partial charge on any atom is 0.246 e. The minimum Gasteiger partial charge on any atom is -0.454 e. The molecule has 0 unspecified atom stereocenters. The van der Waals surface area contributed by atoms with Crippen LogP contribution in [0.15, 0.2) is 47.4 Å². The minimum absolute atomic E-state index is 0.144. The van der Waals surface area contributed by atoms with Crippen molar-refractivity contribution in [1.82, 2.24) is 4.72 Å². The maximum absolute atomic E-state index is 12.4. The fourth-order valence-corrected chi connectivity index (χ4v) is 3.90. The highest BCUT2D eigenvalue weighted by Gasteiger charge is 2.18. The van der Waals surface area contributed by atoms with Crippen molar-refractivity contribution in [2.24, 2.45) is 0 Å². The highest BCUT2D eigenvalue weighted by molar-refractivity contribution is 7.89. The summed E-state index contributed by atoms with van der Waals surface area (Å²) >= 11 is 0. The molecule has 150 valence electrons. The molecule has 1 heterocycles.